The Balaban J connectivity index is 2.10. The number of carbonyl (C=O) groups excluding carboxylic acids is 2. The number of amides is 2. The van der Waals surface area contributed by atoms with E-state index in [2.05, 4.69) is 15.6 Å². The highest BCUT2D eigenvalue weighted by atomic mass is 16.2. The largest absolute Gasteiger partial charge is 0.352 e. The van der Waals surface area contributed by atoms with E-state index in [-0.39, 0.29) is 24.4 Å². The van der Waals surface area contributed by atoms with E-state index < -0.39 is 0 Å². The van der Waals surface area contributed by atoms with Crippen LogP contribution in [0.2, 0.25) is 0 Å². The zero-order valence-electron chi connectivity index (χ0n) is 11.5. The third-order valence-electron chi connectivity index (χ3n) is 2.75. The lowest BCUT2D eigenvalue weighted by Gasteiger charge is -2.10. The van der Waals surface area contributed by atoms with Gasteiger partial charge in [0.05, 0.1) is 17.6 Å². The number of hydrogen-bond donors (Lipinski definition) is 2. The summed E-state index contributed by atoms with van der Waals surface area (Å²) in [4.78, 5) is 27.8. The number of rotatable bonds is 4. The summed E-state index contributed by atoms with van der Waals surface area (Å²) >= 11 is 0. The minimum absolute atomic E-state index is 0.0341. The molecule has 2 rings (SSSR count). The van der Waals surface area contributed by atoms with Crippen LogP contribution in [0.15, 0.2) is 36.5 Å². The Labute approximate surface area is 117 Å². The molecule has 0 aliphatic carbocycles. The lowest BCUT2D eigenvalue weighted by Crippen LogP contribution is -2.39. The van der Waals surface area contributed by atoms with Gasteiger partial charge in [0, 0.05) is 17.6 Å². The maximum atomic E-state index is 12.1. The number of carbonyl (C=O) groups is 2. The molecule has 2 amide bonds. The van der Waals surface area contributed by atoms with Crippen LogP contribution in [0.5, 0.6) is 0 Å². The number of benzene rings is 1. The lowest BCUT2D eigenvalue weighted by atomic mass is 10.1. The van der Waals surface area contributed by atoms with E-state index >= 15 is 0 Å². The van der Waals surface area contributed by atoms with Gasteiger partial charge in [-0.3, -0.25) is 14.6 Å². The summed E-state index contributed by atoms with van der Waals surface area (Å²) in [5.74, 6) is -0.478. The normalized spacial score (nSPS) is 10.6. The van der Waals surface area contributed by atoms with Crippen LogP contribution in [-0.2, 0) is 4.79 Å². The molecular formula is C15H17N3O2. The highest BCUT2D eigenvalue weighted by Crippen LogP contribution is 2.15. The van der Waals surface area contributed by atoms with E-state index in [0.717, 1.165) is 10.9 Å². The quantitative estimate of drug-likeness (QED) is 0.885. The first-order valence-corrected chi connectivity index (χ1v) is 6.49. The molecule has 0 saturated carbocycles. The van der Waals surface area contributed by atoms with E-state index in [0.29, 0.717) is 5.56 Å². The Morgan fingerprint density at radius 3 is 2.70 bits per heavy atom. The molecule has 0 spiro atoms. The number of aromatic nitrogens is 1. The Hall–Kier alpha value is -2.43. The summed E-state index contributed by atoms with van der Waals surface area (Å²) in [6, 6.07) is 9.11. The van der Waals surface area contributed by atoms with Gasteiger partial charge in [-0.2, -0.15) is 0 Å². The van der Waals surface area contributed by atoms with Gasteiger partial charge in [0.2, 0.25) is 5.91 Å². The molecule has 0 radical (unpaired) electrons. The van der Waals surface area contributed by atoms with Crippen molar-refractivity contribution in [2.24, 2.45) is 0 Å². The maximum absolute atomic E-state index is 12.1. The van der Waals surface area contributed by atoms with E-state index in [4.69, 9.17) is 0 Å². The summed E-state index contributed by atoms with van der Waals surface area (Å²) in [5.41, 5.74) is 1.28. The van der Waals surface area contributed by atoms with Gasteiger partial charge in [-0.1, -0.05) is 18.2 Å². The number of nitrogens with one attached hydrogen (secondary N) is 2. The van der Waals surface area contributed by atoms with Gasteiger partial charge in [0.15, 0.2) is 0 Å². The Bertz CT molecular complexity index is 633. The Morgan fingerprint density at radius 2 is 1.95 bits per heavy atom. The molecule has 0 atom stereocenters. The molecule has 2 N–H and O–H groups in total. The first kappa shape index (κ1) is 14.0. The van der Waals surface area contributed by atoms with Crippen LogP contribution in [-0.4, -0.2) is 29.4 Å². The number of hydrogen-bond acceptors (Lipinski definition) is 3. The smallest absolute Gasteiger partial charge is 0.252 e. The van der Waals surface area contributed by atoms with Crippen LogP contribution < -0.4 is 10.6 Å². The van der Waals surface area contributed by atoms with Crippen molar-refractivity contribution in [3.8, 4) is 0 Å². The van der Waals surface area contributed by atoms with Crippen LogP contribution in [0.1, 0.15) is 24.2 Å². The molecule has 0 aliphatic heterocycles. The van der Waals surface area contributed by atoms with Crippen molar-refractivity contribution >= 4 is 22.7 Å². The molecule has 104 valence electrons. The fraction of sp³-hybridized carbons (Fsp3) is 0.267. The first-order valence-electron chi connectivity index (χ1n) is 6.49. The standard InChI is InChI=1S/C15H17N3O2/c1-10(2)18-14(19)9-17-15(20)12-7-8-16-13-6-4-3-5-11(12)13/h3-8,10H,9H2,1-2H3,(H,17,20)(H,18,19). The Kier molecular flexibility index (Phi) is 4.30. The summed E-state index contributed by atoms with van der Waals surface area (Å²) in [6.07, 6.45) is 1.59. The highest BCUT2D eigenvalue weighted by molar-refractivity contribution is 6.06. The van der Waals surface area contributed by atoms with Gasteiger partial charge in [0.25, 0.3) is 5.91 Å². The minimum Gasteiger partial charge on any atom is -0.352 e. The van der Waals surface area contributed by atoms with Crippen LogP contribution in [0.4, 0.5) is 0 Å². The zero-order valence-corrected chi connectivity index (χ0v) is 11.5. The third-order valence-corrected chi connectivity index (χ3v) is 2.75. The number of para-hydroxylation sites is 1. The van der Waals surface area contributed by atoms with Gasteiger partial charge < -0.3 is 10.6 Å². The van der Waals surface area contributed by atoms with Crippen molar-refractivity contribution in [3.63, 3.8) is 0 Å². The van der Waals surface area contributed by atoms with Crippen molar-refractivity contribution in [2.45, 2.75) is 19.9 Å². The molecule has 0 fully saturated rings. The zero-order chi connectivity index (χ0) is 14.5. The van der Waals surface area contributed by atoms with E-state index in [9.17, 15) is 9.59 Å². The van der Waals surface area contributed by atoms with Crippen LogP contribution in [0.3, 0.4) is 0 Å². The van der Waals surface area contributed by atoms with Crippen molar-refractivity contribution in [2.75, 3.05) is 6.54 Å². The number of pyridine rings is 1. The first-order chi connectivity index (χ1) is 9.58. The average molecular weight is 271 g/mol. The van der Waals surface area contributed by atoms with E-state index in [1.807, 2.05) is 38.1 Å². The van der Waals surface area contributed by atoms with Crippen molar-refractivity contribution in [1.82, 2.24) is 15.6 Å². The average Bonchev–Trinajstić information content (AvgIpc) is 2.43. The maximum Gasteiger partial charge on any atom is 0.252 e. The van der Waals surface area contributed by atoms with Crippen molar-refractivity contribution in [1.29, 1.82) is 0 Å². The van der Waals surface area contributed by atoms with Gasteiger partial charge >= 0.3 is 0 Å². The second kappa shape index (κ2) is 6.14. The predicted molar refractivity (Wildman–Crippen MR) is 77.4 cm³/mol. The Morgan fingerprint density at radius 1 is 1.20 bits per heavy atom. The molecule has 0 unspecified atom stereocenters. The molecule has 1 aromatic carbocycles. The highest BCUT2D eigenvalue weighted by Gasteiger charge is 2.11. The van der Waals surface area contributed by atoms with Crippen molar-refractivity contribution in [3.05, 3.63) is 42.1 Å². The van der Waals surface area contributed by atoms with Gasteiger partial charge in [-0.15, -0.1) is 0 Å². The topological polar surface area (TPSA) is 71.1 Å². The summed E-state index contributed by atoms with van der Waals surface area (Å²) < 4.78 is 0. The predicted octanol–water partition coefficient (Wildman–Crippen LogP) is 1.49. The number of nitrogens with zero attached hydrogens (tertiary/aromatic N) is 1. The molecule has 5 nitrogen and oxygen atoms in total. The van der Waals surface area contributed by atoms with E-state index in [1.165, 1.54) is 0 Å². The van der Waals surface area contributed by atoms with Crippen molar-refractivity contribution < 1.29 is 9.59 Å². The minimum atomic E-state index is -0.275. The molecular weight excluding hydrogens is 254 g/mol. The molecule has 1 aromatic heterocycles. The van der Waals surface area contributed by atoms with Gasteiger partial charge in [-0.05, 0) is 26.0 Å². The second-order valence-corrected chi connectivity index (χ2v) is 4.78. The fourth-order valence-electron chi connectivity index (χ4n) is 1.92. The third kappa shape index (κ3) is 3.32. The molecule has 0 aliphatic rings. The molecule has 5 heteroatoms. The van der Waals surface area contributed by atoms with E-state index in [1.54, 1.807) is 12.3 Å². The van der Waals surface area contributed by atoms with Crippen LogP contribution in [0.25, 0.3) is 10.9 Å². The van der Waals surface area contributed by atoms with Crippen LogP contribution in [0, 0.1) is 0 Å². The lowest BCUT2D eigenvalue weighted by molar-refractivity contribution is -0.120. The summed E-state index contributed by atoms with van der Waals surface area (Å²) in [6.45, 7) is 3.71. The molecule has 2 aromatic rings. The molecule has 1 heterocycles. The summed E-state index contributed by atoms with van der Waals surface area (Å²) in [7, 11) is 0. The van der Waals surface area contributed by atoms with Gasteiger partial charge in [-0.25, -0.2) is 0 Å². The molecule has 20 heavy (non-hydrogen) atoms. The van der Waals surface area contributed by atoms with Gasteiger partial charge in [0.1, 0.15) is 0 Å². The monoisotopic (exact) mass is 271 g/mol. The SMILES string of the molecule is CC(C)NC(=O)CNC(=O)c1ccnc2ccccc12. The molecule has 0 bridgehead atoms. The fourth-order valence-corrected chi connectivity index (χ4v) is 1.92. The summed E-state index contributed by atoms with van der Waals surface area (Å²) in [5, 5.41) is 6.11. The van der Waals surface area contributed by atoms with Crippen LogP contribution >= 0.6 is 0 Å². The number of fused-ring (bicyclic) bond motifs is 1. The second-order valence-electron chi connectivity index (χ2n) is 4.78. The molecule has 0 saturated heterocycles.